The Labute approximate surface area is 173 Å². The number of benzene rings is 2. The minimum atomic E-state index is 0.0645. The Balaban J connectivity index is 1.51. The standard InChI is InChI=1S/C25H31NO3/c1-2-3-15-28-21-12-4-10-19-23(21)24-20(25(19)27)11-5-13-22(24)29-16-7-9-18-8-6-14-26-17-18/h4-5,10-13,18,26H,2-3,6-9,14-17H2,1H3. The first-order valence-corrected chi connectivity index (χ1v) is 11.1. The Morgan fingerprint density at radius 2 is 1.62 bits per heavy atom. The number of ether oxygens (including phenoxy) is 2. The van der Waals surface area contributed by atoms with Crippen molar-refractivity contribution in [1.82, 2.24) is 5.32 Å². The summed E-state index contributed by atoms with van der Waals surface area (Å²) in [6.45, 7) is 5.76. The molecule has 29 heavy (non-hydrogen) atoms. The zero-order valence-electron chi connectivity index (χ0n) is 17.3. The fourth-order valence-corrected chi connectivity index (χ4v) is 4.39. The van der Waals surface area contributed by atoms with E-state index in [1.165, 1.54) is 19.3 Å². The van der Waals surface area contributed by atoms with E-state index in [1.54, 1.807) is 0 Å². The first-order valence-electron chi connectivity index (χ1n) is 11.1. The van der Waals surface area contributed by atoms with E-state index in [0.29, 0.717) is 13.2 Å². The van der Waals surface area contributed by atoms with Crippen LogP contribution in [-0.4, -0.2) is 32.1 Å². The second kappa shape index (κ2) is 9.45. The van der Waals surface area contributed by atoms with Gasteiger partial charge in [-0.1, -0.05) is 37.6 Å². The summed E-state index contributed by atoms with van der Waals surface area (Å²) in [7, 11) is 0. The molecular formula is C25H31NO3. The molecule has 154 valence electrons. The number of carbonyl (C=O) groups is 1. The van der Waals surface area contributed by atoms with Crippen molar-refractivity contribution in [1.29, 1.82) is 0 Å². The number of hydrogen-bond donors (Lipinski definition) is 1. The van der Waals surface area contributed by atoms with Crippen molar-refractivity contribution >= 4 is 5.78 Å². The highest BCUT2D eigenvalue weighted by molar-refractivity contribution is 6.23. The minimum Gasteiger partial charge on any atom is -0.493 e. The van der Waals surface area contributed by atoms with Gasteiger partial charge in [0.05, 0.1) is 13.2 Å². The van der Waals surface area contributed by atoms with Crippen molar-refractivity contribution in [2.24, 2.45) is 5.92 Å². The Kier molecular flexibility index (Phi) is 6.50. The zero-order valence-corrected chi connectivity index (χ0v) is 17.3. The van der Waals surface area contributed by atoms with Crippen LogP contribution in [0.25, 0.3) is 11.1 Å². The predicted octanol–water partition coefficient (Wildman–Crippen LogP) is 5.24. The molecule has 2 aliphatic rings. The fourth-order valence-electron chi connectivity index (χ4n) is 4.39. The smallest absolute Gasteiger partial charge is 0.194 e. The summed E-state index contributed by atoms with van der Waals surface area (Å²) in [5.41, 5.74) is 3.24. The second-order valence-electron chi connectivity index (χ2n) is 8.09. The lowest BCUT2D eigenvalue weighted by Gasteiger charge is -2.22. The third kappa shape index (κ3) is 4.32. The van der Waals surface area contributed by atoms with Crippen LogP contribution in [0.2, 0.25) is 0 Å². The molecule has 1 aliphatic heterocycles. The molecule has 4 rings (SSSR count). The Morgan fingerprint density at radius 3 is 2.21 bits per heavy atom. The molecule has 0 spiro atoms. The lowest BCUT2D eigenvalue weighted by molar-refractivity contribution is 0.104. The van der Waals surface area contributed by atoms with E-state index >= 15 is 0 Å². The number of hydrogen-bond acceptors (Lipinski definition) is 4. The van der Waals surface area contributed by atoms with E-state index < -0.39 is 0 Å². The molecule has 4 nitrogen and oxygen atoms in total. The molecule has 1 heterocycles. The maximum Gasteiger partial charge on any atom is 0.194 e. The highest BCUT2D eigenvalue weighted by Gasteiger charge is 2.32. The molecule has 1 atom stereocenters. The number of nitrogens with one attached hydrogen (secondary N) is 1. The fraction of sp³-hybridized carbons (Fsp3) is 0.480. The van der Waals surface area contributed by atoms with Crippen molar-refractivity contribution in [3.63, 3.8) is 0 Å². The summed E-state index contributed by atoms with van der Waals surface area (Å²) in [6.07, 6.45) is 6.88. The Morgan fingerprint density at radius 1 is 0.966 bits per heavy atom. The van der Waals surface area contributed by atoms with Gasteiger partial charge in [0.25, 0.3) is 0 Å². The molecule has 0 bridgehead atoms. The molecule has 1 fully saturated rings. The van der Waals surface area contributed by atoms with Gasteiger partial charge in [-0.3, -0.25) is 4.79 Å². The van der Waals surface area contributed by atoms with E-state index in [2.05, 4.69) is 12.2 Å². The normalized spacial score (nSPS) is 17.7. The van der Waals surface area contributed by atoms with Gasteiger partial charge in [0.2, 0.25) is 0 Å². The largest absolute Gasteiger partial charge is 0.493 e. The van der Waals surface area contributed by atoms with E-state index in [4.69, 9.17) is 9.47 Å². The zero-order chi connectivity index (χ0) is 20.1. The van der Waals surface area contributed by atoms with Crippen molar-refractivity contribution < 1.29 is 14.3 Å². The Hall–Kier alpha value is -2.33. The summed E-state index contributed by atoms with van der Waals surface area (Å²) < 4.78 is 12.2. The molecule has 0 radical (unpaired) electrons. The van der Waals surface area contributed by atoms with Gasteiger partial charge < -0.3 is 14.8 Å². The molecule has 2 aromatic rings. The molecular weight excluding hydrogens is 362 g/mol. The van der Waals surface area contributed by atoms with Crippen LogP contribution in [0.4, 0.5) is 0 Å². The van der Waals surface area contributed by atoms with Gasteiger partial charge in [-0.25, -0.2) is 0 Å². The summed E-state index contributed by atoms with van der Waals surface area (Å²) in [6, 6.07) is 11.6. The molecule has 0 saturated carbocycles. The van der Waals surface area contributed by atoms with Crippen LogP contribution in [-0.2, 0) is 0 Å². The van der Waals surface area contributed by atoms with Crippen LogP contribution < -0.4 is 14.8 Å². The third-order valence-electron chi connectivity index (χ3n) is 5.96. The first kappa shape index (κ1) is 20.0. The molecule has 1 unspecified atom stereocenters. The monoisotopic (exact) mass is 393 g/mol. The highest BCUT2D eigenvalue weighted by atomic mass is 16.5. The number of rotatable bonds is 9. The Bertz CT molecular complexity index is 855. The molecule has 2 aromatic carbocycles. The van der Waals surface area contributed by atoms with Crippen LogP contribution in [0.15, 0.2) is 36.4 Å². The van der Waals surface area contributed by atoms with Crippen LogP contribution in [0.3, 0.4) is 0 Å². The summed E-state index contributed by atoms with van der Waals surface area (Å²) >= 11 is 0. The maximum atomic E-state index is 12.9. The first-order chi connectivity index (χ1) is 14.3. The van der Waals surface area contributed by atoms with Crippen molar-refractivity contribution in [2.45, 2.75) is 45.4 Å². The van der Waals surface area contributed by atoms with E-state index in [1.807, 2.05) is 36.4 Å². The molecule has 1 N–H and O–H groups in total. The van der Waals surface area contributed by atoms with Gasteiger partial charge in [-0.15, -0.1) is 0 Å². The lowest BCUT2D eigenvalue weighted by Crippen LogP contribution is -2.29. The molecule has 1 aliphatic carbocycles. The van der Waals surface area contributed by atoms with Crippen LogP contribution in [0.5, 0.6) is 11.5 Å². The number of ketones is 1. The average Bonchev–Trinajstić information content (AvgIpc) is 3.06. The van der Waals surface area contributed by atoms with Gasteiger partial charge in [0.15, 0.2) is 5.78 Å². The van der Waals surface area contributed by atoms with Crippen LogP contribution >= 0.6 is 0 Å². The van der Waals surface area contributed by atoms with E-state index in [-0.39, 0.29) is 5.78 Å². The molecule has 1 saturated heterocycles. The van der Waals surface area contributed by atoms with Crippen molar-refractivity contribution in [2.75, 3.05) is 26.3 Å². The van der Waals surface area contributed by atoms with Gasteiger partial charge in [-0.2, -0.15) is 0 Å². The SMILES string of the molecule is CCCCOc1cccc2c1-c1c(OCCCC3CCCNC3)cccc1C2=O. The average molecular weight is 394 g/mol. The molecule has 0 aromatic heterocycles. The van der Waals surface area contributed by atoms with Gasteiger partial charge in [-0.05, 0) is 63.2 Å². The van der Waals surface area contributed by atoms with Crippen molar-refractivity contribution in [3.8, 4) is 22.6 Å². The number of carbonyl (C=O) groups excluding carboxylic acids is 1. The lowest BCUT2D eigenvalue weighted by atomic mass is 9.95. The molecule has 4 heteroatoms. The van der Waals surface area contributed by atoms with Gasteiger partial charge in [0.1, 0.15) is 11.5 Å². The third-order valence-corrected chi connectivity index (χ3v) is 5.96. The van der Waals surface area contributed by atoms with Crippen LogP contribution in [0.1, 0.15) is 61.4 Å². The highest BCUT2D eigenvalue weighted by Crippen LogP contribution is 2.47. The van der Waals surface area contributed by atoms with E-state index in [0.717, 1.165) is 72.0 Å². The van der Waals surface area contributed by atoms with Gasteiger partial charge >= 0.3 is 0 Å². The van der Waals surface area contributed by atoms with Crippen molar-refractivity contribution in [3.05, 3.63) is 47.5 Å². The summed E-state index contributed by atoms with van der Waals surface area (Å²) in [4.78, 5) is 12.9. The number of fused-ring (bicyclic) bond motifs is 3. The topological polar surface area (TPSA) is 47.6 Å². The number of piperidine rings is 1. The van der Waals surface area contributed by atoms with E-state index in [9.17, 15) is 4.79 Å². The summed E-state index contributed by atoms with van der Waals surface area (Å²) in [5, 5.41) is 3.48. The summed E-state index contributed by atoms with van der Waals surface area (Å²) in [5.74, 6) is 2.40. The molecule has 0 amide bonds. The van der Waals surface area contributed by atoms with Crippen LogP contribution in [0, 0.1) is 5.92 Å². The maximum absolute atomic E-state index is 12.9. The van der Waals surface area contributed by atoms with Gasteiger partial charge in [0, 0.05) is 22.3 Å². The quantitative estimate of drug-likeness (QED) is 0.505. The number of unbranched alkanes of at least 4 members (excludes halogenated alkanes) is 1. The predicted molar refractivity (Wildman–Crippen MR) is 116 cm³/mol. The second-order valence-corrected chi connectivity index (χ2v) is 8.09. The minimum absolute atomic E-state index is 0.0645.